The number of halogens is 2. The Kier molecular flexibility index (Phi) is 7.64. The van der Waals surface area contributed by atoms with Gasteiger partial charge in [0.2, 0.25) is 5.88 Å². The minimum Gasteiger partial charge on any atom is -0.478 e. The molecule has 0 saturated carbocycles. The molecule has 3 aliphatic heterocycles. The zero-order valence-corrected chi connectivity index (χ0v) is 24.1. The molecule has 12 heteroatoms. The number of aromatic carboxylic acids is 1. The molecule has 3 atom stereocenters. The van der Waals surface area contributed by atoms with Crippen LogP contribution >= 0.6 is 11.6 Å². The fourth-order valence-electron chi connectivity index (χ4n) is 6.11. The highest BCUT2D eigenvalue weighted by atomic mass is 35.5. The number of pyridine rings is 1. The lowest BCUT2D eigenvalue weighted by Gasteiger charge is -2.44. The minimum atomic E-state index is -0.960. The van der Waals surface area contributed by atoms with E-state index in [1.165, 1.54) is 6.07 Å². The van der Waals surface area contributed by atoms with Crippen LogP contribution in [0.1, 0.15) is 28.2 Å². The van der Waals surface area contributed by atoms with Gasteiger partial charge in [0.1, 0.15) is 24.1 Å². The van der Waals surface area contributed by atoms with Crippen molar-refractivity contribution in [2.24, 2.45) is 0 Å². The molecular formula is C31H31ClFN5O5. The van der Waals surface area contributed by atoms with E-state index in [1.54, 1.807) is 36.4 Å². The number of anilines is 1. The summed E-state index contributed by atoms with van der Waals surface area (Å²) < 4.78 is 33.9. The Morgan fingerprint density at radius 3 is 2.74 bits per heavy atom. The SMILES string of the molecule is O=C(O)c1ccc2nc(CN3CCN(c4cccc(OCc5ccc(Cl)cc5F)n4)C4COCC43)n(CC3CCO3)c2c1. The maximum atomic E-state index is 14.2. The Balaban J connectivity index is 1.09. The van der Waals surface area contributed by atoms with E-state index in [-0.39, 0.29) is 30.4 Å². The zero-order valence-electron chi connectivity index (χ0n) is 23.4. The van der Waals surface area contributed by atoms with E-state index in [9.17, 15) is 14.3 Å². The minimum absolute atomic E-state index is 0.0449. The smallest absolute Gasteiger partial charge is 0.335 e. The molecule has 4 aromatic rings. The van der Waals surface area contributed by atoms with Gasteiger partial charge in [0.15, 0.2) is 0 Å². The molecular weight excluding hydrogens is 577 g/mol. The van der Waals surface area contributed by atoms with Crippen molar-refractivity contribution < 1.29 is 28.5 Å². The van der Waals surface area contributed by atoms with Gasteiger partial charge in [-0.2, -0.15) is 4.98 Å². The predicted molar refractivity (Wildman–Crippen MR) is 157 cm³/mol. The summed E-state index contributed by atoms with van der Waals surface area (Å²) >= 11 is 5.87. The number of nitrogens with zero attached hydrogens (tertiary/aromatic N) is 5. The summed E-state index contributed by atoms with van der Waals surface area (Å²) in [5, 5.41) is 9.91. The van der Waals surface area contributed by atoms with Crippen LogP contribution in [0.3, 0.4) is 0 Å². The maximum absolute atomic E-state index is 14.2. The second-order valence-corrected chi connectivity index (χ2v) is 11.6. The van der Waals surface area contributed by atoms with Crippen LogP contribution in [-0.4, -0.2) is 81.6 Å². The number of piperazine rings is 1. The van der Waals surface area contributed by atoms with Crippen LogP contribution < -0.4 is 9.64 Å². The van der Waals surface area contributed by atoms with E-state index in [1.807, 2.05) is 12.1 Å². The molecule has 224 valence electrons. The summed E-state index contributed by atoms with van der Waals surface area (Å²) in [6.07, 6.45) is 1.07. The lowest BCUT2D eigenvalue weighted by molar-refractivity contribution is -0.0592. The van der Waals surface area contributed by atoms with E-state index in [0.29, 0.717) is 42.8 Å². The molecule has 5 heterocycles. The molecule has 0 aliphatic carbocycles. The quantitative estimate of drug-likeness (QED) is 0.297. The van der Waals surface area contributed by atoms with Crippen LogP contribution in [0, 0.1) is 5.82 Å². The number of benzene rings is 2. The Hall–Kier alpha value is -3.77. The fourth-order valence-corrected chi connectivity index (χ4v) is 6.26. The number of carbonyl (C=O) groups is 1. The highest BCUT2D eigenvalue weighted by Gasteiger charge is 2.42. The second-order valence-electron chi connectivity index (χ2n) is 11.1. The molecule has 3 unspecified atom stereocenters. The van der Waals surface area contributed by atoms with Crippen molar-refractivity contribution in [3.05, 3.63) is 82.4 Å². The first kappa shape index (κ1) is 28.0. The summed E-state index contributed by atoms with van der Waals surface area (Å²) in [7, 11) is 0. The Bertz CT molecular complexity index is 1660. The van der Waals surface area contributed by atoms with Crippen LogP contribution in [-0.2, 0) is 29.2 Å². The van der Waals surface area contributed by atoms with Gasteiger partial charge in [-0.25, -0.2) is 14.2 Å². The molecule has 10 nitrogen and oxygen atoms in total. The molecule has 0 bridgehead atoms. The van der Waals surface area contributed by atoms with Crippen LogP contribution in [0.5, 0.6) is 5.88 Å². The number of hydrogen-bond acceptors (Lipinski definition) is 8. The second kappa shape index (κ2) is 11.7. The fraction of sp³-hybridized carbons (Fsp3) is 0.387. The highest BCUT2D eigenvalue weighted by molar-refractivity contribution is 6.30. The summed E-state index contributed by atoms with van der Waals surface area (Å²) in [6, 6.07) is 15.4. The van der Waals surface area contributed by atoms with Gasteiger partial charge in [-0.1, -0.05) is 23.7 Å². The van der Waals surface area contributed by atoms with Crippen molar-refractivity contribution in [1.29, 1.82) is 0 Å². The molecule has 2 aromatic heterocycles. The van der Waals surface area contributed by atoms with Crippen molar-refractivity contribution in [3.8, 4) is 5.88 Å². The van der Waals surface area contributed by atoms with Gasteiger partial charge < -0.3 is 28.8 Å². The lowest BCUT2D eigenvalue weighted by Crippen LogP contribution is -2.59. The summed E-state index contributed by atoms with van der Waals surface area (Å²) in [4.78, 5) is 26.0. The molecule has 0 radical (unpaired) electrons. The Labute approximate surface area is 252 Å². The van der Waals surface area contributed by atoms with Crippen LogP contribution in [0.2, 0.25) is 5.02 Å². The van der Waals surface area contributed by atoms with Crippen molar-refractivity contribution in [2.75, 3.05) is 37.8 Å². The van der Waals surface area contributed by atoms with Crippen molar-refractivity contribution in [2.45, 2.75) is 44.3 Å². The summed E-state index contributed by atoms with van der Waals surface area (Å²) in [5.74, 6) is 0.706. The third-order valence-electron chi connectivity index (χ3n) is 8.51. The van der Waals surface area contributed by atoms with Gasteiger partial charge in [-0.05, 0) is 42.8 Å². The van der Waals surface area contributed by atoms with Gasteiger partial charge in [0.05, 0.1) is 61.1 Å². The van der Waals surface area contributed by atoms with Crippen molar-refractivity contribution in [3.63, 3.8) is 0 Å². The van der Waals surface area contributed by atoms with Crippen LogP contribution in [0.15, 0.2) is 54.6 Å². The van der Waals surface area contributed by atoms with E-state index < -0.39 is 11.8 Å². The average Bonchev–Trinajstić information content (AvgIpc) is 3.60. The van der Waals surface area contributed by atoms with Crippen LogP contribution in [0.25, 0.3) is 11.0 Å². The predicted octanol–water partition coefficient (Wildman–Crippen LogP) is 4.38. The number of hydrogen-bond donors (Lipinski definition) is 1. The molecule has 0 amide bonds. The molecule has 1 N–H and O–H groups in total. The van der Waals surface area contributed by atoms with Crippen molar-refractivity contribution in [1.82, 2.24) is 19.4 Å². The first-order chi connectivity index (χ1) is 20.9. The number of rotatable bonds is 9. The van der Waals surface area contributed by atoms with Gasteiger partial charge in [0.25, 0.3) is 0 Å². The van der Waals surface area contributed by atoms with Gasteiger partial charge >= 0.3 is 5.97 Å². The molecule has 3 aliphatic rings. The van der Waals surface area contributed by atoms with E-state index in [4.69, 9.17) is 35.8 Å². The average molecular weight is 608 g/mol. The molecule has 3 saturated heterocycles. The van der Waals surface area contributed by atoms with Gasteiger partial charge in [-0.3, -0.25) is 4.90 Å². The monoisotopic (exact) mass is 607 g/mol. The molecule has 43 heavy (non-hydrogen) atoms. The normalized spacial score (nSPS) is 22.0. The number of fused-ring (bicyclic) bond motifs is 2. The maximum Gasteiger partial charge on any atom is 0.335 e. The lowest BCUT2D eigenvalue weighted by atomic mass is 10.0. The van der Waals surface area contributed by atoms with E-state index in [0.717, 1.165) is 48.8 Å². The number of carboxylic acid groups (broad SMARTS) is 1. The Morgan fingerprint density at radius 2 is 1.95 bits per heavy atom. The largest absolute Gasteiger partial charge is 0.478 e. The standard InChI is InChI=1S/C31H31ClFN5O5/c32-21-6-4-20(23(33)13-21)16-43-30-3-1-2-28(35-30)37-10-9-36(26-17-41-18-27(26)37)15-29-34-24-7-5-19(31(39)40)12-25(24)38(29)14-22-8-11-42-22/h1-7,12-13,22,26-27H,8-11,14-18H2,(H,39,40). The molecule has 0 spiro atoms. The first-order valence-electron chi connectivity index (χ1n) is 14.4. The van der Waals surface area contributed by atoms with Gasteiger partial charge in [-0.15, -0.1) is 0 Å². The van der Waals surface area contributed by atoms with Gasteiger partial charge in [0, 0.05) is 36.3 Å². The number of ether oxygens (including phenoxy) is 3. The molecule has 7 rings (SSSR count). The third-order valence-corrected chi connectivity index (χ3v) is 8.75. The highest BCUT2D eigenvalue weighted by Crippen LogP contribution is 2.31. The molecule has 2 aromatic carbocycles. The summed E-state index contributed by atoms with van der Waals surface area (Å²) in [5.41, 5.74) is 2.23. The third kappa shape index (κ3) is 5.65. The zero-order chi connectivity index (χ0) is 29.5. The number of imidazole rings is 1. The van der Waals surface area contributed by atoms with E-state index in [2.05, 4.69) is 14.4 Å². The van der Waals surface area contributed by atoms with E-state index >= 15 is 0 Å². The first-order valence-corrected chi connectivity index (χ1v) is 14.8. The summed E-state index contributed by atoms with van der Waals surface area (Å²) in [6.45, 7) is 4.67. The topological polar surface area (TPSA) is 102 Å². The number of aromatic nitrogens is 3. The number of carboxylic acids is 1. The Morgan fingerprint density at radius 1 is 1.09 bits per heavy atom. The van der Waals surface area contributed by atoms with Crippen LogP contribution in [0.4, 0.5) is 10.2 Å². The van der Waals surface area contributed by atoms with Crippen molar-refractivity contribution >= 4 is 34.4 Å². The molecule has 3 fully saturated rings.